The Balaban J connectivity index is 1.44. The summed E-state index contributed by atoms with van der Waals surface area (Å²) in [5.41, 5.74) is 8.87. The first-order valence-electron chi connectivity index (χ1n) is 11.5. The van der Waals surface area contributed by atoms with Crippen LogP contribution in [0.25, 0.3) is 22.4 Å². The minimum Gasteiger partial charge on any atom is -0.388 e. The fourth-order valence-electron chi connectivity index (χ4n) is 4.45. The maximum absolute atomic E-state index is 10.9. The van der Waals surface area contributed by atoms with Gasteiger partial charge in [0.05, 0.1) is 24.1 Å². The Morgan fingerprint density at radius 2 is 1.88 bits per heavy atom. The molecule has 0 aliphatic heterocycles. The maximum atomic E-state index is 10.9. The first-order valence-corrected chi connectivity index (χ1v) is 11.5. The van der Waals surface area contributed by atoms with Crippen molar-refractivity contribution in [2.75, 3.05) is 5.73 Å². The van der Waals surface area contributed by atoms with Crippen LogP contribution in [0, 0.1) is 11.8 Å². The number of fused-ring (bicyclic) bond motifs is 1. The normalized spacial score (nSPS) is 22.1. The number of aromatic nitrogens is 6. The smallest absolute Gasteiger partial charge is 0.208 e. The van der Waals surface area contributed by atoms with E-state index in [1.165, 1.54) is 0 Å². The van der Waals surface area contributed by atoms with Crippen LogP contribution in [0.5, 0.6) is 0 Å². The van der Waals surface area contributed by atoms with E-state index in [0.717, 1.165) is 30.5 Å². The van der Waals surface area contributed by atoms with E-state index in [1.807, 2.05) is 42.6 Å². The number of nitrogens with zero attached hydrogens (tertiary/aromatic N) is 6. The third-order valence-corrected chi connectivity index (χ3v) is 6.30. The molecule has 4 atom stereocenters. The second-order valence-electron chi connectivity index (χ2n) is 8.56. The van der Waals surface area contributed by atoms with Crippen LogP contribution in [0.3, 0.4) is 0 Å². The van der Waals surface area contributed by atoms with Crippen molar-refractivity contribution >= 4 is 17.0 Å². The van der Waals surface area contributed by atoms with Crippen LogP contribution in [0.2, 0.25) is 0 Å². The quantitative estimate of drug-likeness (QED) is 0.310. The highest BCUT2D eigenvalue weighted by atomic mass is 16.3. The number of benzene rings is 1. The summed E-state index contributed by atoms with van der Waals surface area (Å²) < 4.78 is 3.49. The van der Waals surface area contributed by atoms with Gasteiger partial charge in [0.15, 0.2) is 11.5 Å². The topological polar surface area (TPSA) is 128 Å². The molecule has 9 heteroatoms. The summed E-state index contributed by atoms with van der Waals surface area (Å²) in [4.78, 5) is 13.2. The summed E-state index contributed by atoms with van der Waals surface area (Å²) in [5, 5.41) is 26.5. The highest BCUT2D eigenvalue weighted by molar-refractivity contribution is 5.82. The molecule has 4 N–H and O–H groups in total. The van der Waals surface area contributed by atoms with E-state index >= 15 is 0 Å². The number of nitrogen functional groups attached to an aromatic ring is 1. The van der Waals surface area contributed by atoms with Crippen LogP contribution >= 0.6 is 0 Å². The number of aliphatic hydroxyl groups excluding tert-OH is 2. The van der Waals surface area contributed by atoms with Crippen molar-refractivity contribution in [2.24, 2.45) is 0 Å². The fourth-order valence-corrected chi connectivity index (χ4v) is 4.45. The van der Waals surface area contributed by atoms with E-state index in [-0.39, 0.29) is 5.82 Å². The van der Waals surface area contributed by atoms with Gasteiger partial charge in [-0.05, 0) is 24.8 Å². The standard InChI is InChI=1S/C25H27N7O2/c1-2-3-4-8-11-20-28-24(26)21-25(29-20)31(15-27-21)18-14-19(23(34)22(18)33)32-13-12-17(30-32)16-9-6-5-7-10-16/h5-7,9-10,12-13,15,18-19,22-23,33-34H,2-4,14H2,1H3,(H2,26,28,29)/t18-,19+,22+,23-/m1/s1. The third kappa shape index (κ3) is 4.02. The molecule has 5 rings (SSSR count). The molecule has 1 aliphatic rings. The van der Waals surface area contributed by atoms with Gasteiger partial charge in [0.1, 0.15) is 17.7 Å². The van der Waals surface area contributed by atoms with Gasteiger partial charge in [-0.15, -0.1) is 0 Å². The molecule has 174 valence electrons. The van der Waals surface area contributed by atoms with Gasteiger partial charge in [0.2, 0.25) is 5.82 Å². The molecule has 34 heavy (non-hydrogen) atoms. The van der Waals surface area contributed by atoms with Crippen LogP contribution in [-0.2, 0) is 0 Å². The zero-order chi connectivity index (χ0) is 23.7. The number of nitrogens with two attached hydrogens (primary N) is 1. The van der Waals surface area contributed by atoms with Gasteiger partial charge in [0, 0.05) is 18.2 Å². The molecule has 0 amide bonds. The lowest BCUT2D eigenvalue weighted by molar-refractivity contribution is 0.00725. The summed E-state index contributed by atoms with van der Waals surface area (Å²) in [7, 11) is 0. The number of unbranched alkanes of at least 4 members (excludes halogenated alkanes) is 2. The monoisotopic (exact) mass is 457 g/mol. The molecule has 0 spiro atoms. The number of rotatable bonds is 5. The van der Waals surface area contributed by atoms with E-state index in [9.17, 15) is 10.2 Å². The average molecular weight is 458 g/mol. The first-order chi connectivity index (χ1) is 16.6. The predicted molar refractivity (Wildman–Crippen MR) is 129 cm³/mol. The molecule has 1 saturated carbocycles. The summed E-state index contributed by atoms with van der Waals surface area (Å²) >= 11 is 0. The summed E-state index contributed by atoms with van der Waals surface area (Å²) in [6.45, 7) is 2.11. The molecular weight excluding hydrogens is 430 g/mol. The van der Waals surface area contributed by atoms with Crippen molar-refractivity contribution in [1.82, 2.24) is 29.3 Å². The molecule has 1 fully saturated rings. The highest BCUT2D eigenvalue weighted by Crippen LogP contribution is 2.40. The van der Waals surface area contributed by atoms with E-state index in [4.69, 9.17) is 5.73 Å². The van der Waals surface area contributed by atoms with Crippen molar-refractivity contribution in [3.63, 3.8) is 0 Å². The third-order valence-electron chi connectivity index (χ3n) is 6.30. The Labute approximate surface area is 197 Å². The van der Waals surface area contributed by atoms with Gasteiger partial charge in [-0.1, -0.05) is 49.6 Å². The number of hydrogen-bond donors (Lipinski definition) is 3. The van der Waals surface area contributed by atoms with Crippen molar-refractivity contribution in [3.8, 4) is 23.1 Å². The molecule has 3 aromatic heterocycles. The van der Waals surface area contributed by atoms with E-state index in [2.05, 4.69) is 38.8 Å². The Morgan fingerprint density at radius 3 is 2.68 bits per heavy atom. The lowest BCUT2D eigenvalue weighted by Crippen LogP contribution is -2.30. The van der Waals surface area contributed by atoms with Crippen LogP contribution < -0.4 is 5.73 Å². The van der Waals surface area contributed by atoms with Gasteiger partial charge in [-0.3, -0.25) is 4.68 Å². The molecule has 9 nitrogen and oxygen atoms in total. The van der Waals surface area contributed by atoms with Gasteiger partial charge in [0.25, 0.3) is 0 Å². The van der Waals surface area contributed by atoms with Gasteiger partial charge in [-0.25, -0.2) is 15.0 Å². The second-order valence-corrected chi connectivity index (χ2v) is 8.56. The van der Waals surface area contributed by atoms with Gasteiger partial charge in [-0.2, -0.15) is 5.10 Å². The van der Waals surface area contributed by atoms with Crippen LogP contribution in [-0.4, -0.2) is 51.7 Å². The number of aliphatic hydroxyl groups is 2. The van der Waals surface area contributed by atoms with Crippen LogP contribution in [0.4, 0.5) is 5.82 Å². The zero-order valence-electron chi connectivity index (χ0n) is 18.9. The fraction of sp³-hybridized carbons (Fsp3) is 0.360. The Hall–Kier alpha value is -3.74. The molecule has 1 aliphatic carbocycles. The van der Waals surface area contributed by atoms with E-state index in [0.29, 0.717) is 23.4 Å². The maximum Gasteiger partial charge on any atom is 0.208 e. The van der Waals surface area contributed by atoms with Crippen molar-refractivity contribution < 1.29 is 10.2 Å². The van der Waals surface area contributed by atoms with Crippen LogP contribution in [0.15, 0.2) is 48.9 Å². The molecule has 0 unspecified atom stereocenters. The average Bonchev–Trinajstić information content (AvgIpc) is 3.56. The Kier molecular flexibility index (Phi) is 6.01. The zero-order valence-corrected chi connectivity index (χ0v) is 18.9. The highest BCUT2D eigenvalue weighted by Gasteiger charge is 2.44. The number of hydrogen-bond acceptors (Lipinski definition) is 7. The minimum absolute atomic E-state index is 0.243. The Bertz CT molecular complexity index is 1350. The van der Waals surface area contributed by atoms with Crippen molar-refractivity contribution in [2.45, 2.75) is 56.9 Å². The summed E-state index contributed by atoms with van der Waals surface area (Å²) in [5.74, 6) is 6.62. The molecule has 0 bridgehead atoms. The molecule has 3 heterocycles. The largest absolute Gasteiger partial charge is 0.388 e. The van der Waals surface area contributed by atoms with Crippen LogP contribution in [0.1, 0.15) is 50.5 Å². The second kappa shape index (κ2) is 9.25. The summed E-state index contributed by atoms with van der Waals surface area (Å²) in [6.07, 6.45) is 4.69. The predicted octanol–water partition coefficient (Wildman–Crippen LogP) is 2.72. The number of imidazole rings is 1. The van der Waals surface area contributed by atoms with Gasteiger partial charge < -0.3 is 20.5 Å². The van der Waals surface area contributed by atoms with Gasteiger partial charge >= 0.3 is 0 Å². The lowest BCUT2D eigenvalue weighted by Gasteiger charge is -2.18. The van der Waals surface area contributed by atoms with Crippen molar-refractivity contribution in [3.05, 3.63) is 54.7 Å². The van der Waals surface area contributed by atoms with E-state index in [1.54, 1.807) is 15.6 Å². The number of anilines is 1. The first kappa shape index (κ1) is 22.1. The molecule has 4 aromatic rings. The lowest BCUT2D eigenvalue weighted by atomic mass is 10.2. The summed E-state index contributed by atoms with van der Waals surface area (Å²) in [6, 6.07) is 10.9. The molecule has 1 aromatic carbocycles. The molecule has 0 saturated heterocycles. The molecule has 0 radical (unpaired) electrons. The van der Waals surface area contributed by atoms with E-state index < -0.39 is 24.3 Å². The Morgan fingerprint density at radius 1 is 1.09 bits per heavy atom. The SMILES string of the molecule is CCCCC#Cc1nc(N)c2ncn([C@@H]3C[C@H](n4ccc(-c5ccccc5)n4)[C@@H](O)[C@H]3O)c2n1. The van der Waals surface area contributed by atoms with Crippen molar-refractivity contribution in [1.29, 1.82) is 0 Å². The molecular formula is C25H27N7O2. The minimum atomic E-state index is -1.03.